The Morgan fingerprint density at radius 3 is 2.47 bits per heavy atom. The number of hydrogen-bond donors (Lipinski definition) is 0. The maximum atomic E-state index is 9.05. The molecule has 0 atom stereocenters. The van der Waals surface area contributed by atoms with E-state index in [0.717, 1.165) is 5.56 Å². The summed E-state index contributed by atoms with van der Waals surface area (Å²) >= 11 is 11.9. The van der Waals surface area contributed by atoms with Crippen LogP contribution in [0.25, 0.3) is 0 Å². The van der Waals surface area contributed by atoms with Crippen LogP contribution in [0.5, 0.6) is 5.75 Å². The number of halogens is 2. The van der Waals surface area contributed by atoms with Crippen molar-refractivity contribution in [2.45, 2.75) is 13.5 Å². The second-order valence-corrected chi connectivity index (χ2v) is 4.99. The molecule has 2 aromatic rings. The smallest absolute Gasteiger partial charge is 0.156 e. The minimum atomic E-state index is 0.338. The van der Waals surface area contributed by atoms with E-state index in [-0.39, 0.29) is 0 Å². The number of aryl methyl sites for hydroxylation is 1. The molecule has 0 saturated heterocycles. The van der Waals surface area contributed by atoms with Gasteiger partial charge in [0.2, 0.25) is 0 Å². The molecule has 0 amide bonds. The highest BCUT2D eigenvalue weighted by atomic mass is 35.5. The molecule has 0 aliphatic heterocycles. The normalized spacial score (nSPS) is 10.0. The Morgan fingerprint density at radius 2 is 1.84 bits per heavy atom. The molecule has 0 unspecified atom stereocenters. The van der Waals surface area contributed by atoms with Gasteiger partial charge >= 0.3 is 0 Å². The molecule has 0 aliphatic rings. The molecule has 0 aromatic heterocycles. The predicted molar refractivity (Wildman–Crippen MR) is 76.7 cm³/mol. The first-order valence-electron chi connectivity index (χ1n) is 5.67. The molecule has 19 heavy (non-hydrogen) atoms. The summed E-state index contributed by atoms with van der Waals surface area (Å²) in [6.45, 7) is 2.38. The Hall–Kier alpha value is -1.69. The molecule has 2 aromatic carbocycles. The molecule has 0 saturated carbocycles. The largest absolute Gasteiger partial charge is 0.486 e. The summed E-state index contributed by atoms with van der Waals surface area (Å²) in [5.74, 6) is 0.370. The Kier molecular flexibility index (Phi) is 4.31. The number of rotatable bonds is 3. The van der Waals surface area contributed by atoms with Crippen LogP contribution in [0.2, 0.25) is 10.0 Å². The van der Waals surface area contributed by atoms with Crippen LogP contribution in [-0.4, -0.2) is 0 Å². The van der Waals surface area contributed by atoms with Gasteiger partial charge < -0.3 is 4.74 Å². The monoisotopic (exact) mass is 291 g/mol. The lowest BCUT2D eigenvalue weighted by Crippen LogP contribution is -1.98. The van der Waals surface area contributed by atoms with Gasteiger partial charge in [0.1, 0.15) is 12.7 Å². The molecule has 96 valence electrons. The fraction of sp³-hybridized carbons (Fsp3) is 0.133. The number of hydrogen-bond acceptors (Lipinski definition) is 2. The molecular formula is C15H11Cl2NO. The zero-order chi connectivity index (χ0) is 13.8. The average molecular weight is 292 g/mol. The first-order valence-corrected chi connectivity index (χ1v) is 6.43. The van der Waals surface area contributed by atoms with E-state index in [0.29, 0.717) is 28.0 Å². The van der Waals surface area contributed by atoms with Crippen LogP contribution < -0.4 is 4.74 Å². The van der Waals surface area contributed by atoms with Gasteiger partial charge in [-0.25, -0.2) is 0 Å². The highest BCUT2D eigenvalue weighted by Crippen LogP contribution is 2.32. The first kappa shape index (κ1) is 13.7. The molecule has 0 spiro atoms. The number of nitrogens with zero attached hydrogens (tertiary/aromatic N) is 1. The van der Waals surface area contributed by atoms with Gasteiger partial charge in [0.15, 0.2) is 5.75 Å². The van der Waals surface area contributed by atoms with Crippen molar-refractivity contribution in [1.82, 2.24) is 0 Å². The van der Waals surface area contributed by atoms with Crippen molar-refractivity contribution in [3.8, 4) is 11.8 Å². The van der Waals surface area contributed by atoms with Crippen molar-refractivity contribution in [1.29, 1.82) is 5.26 Å². The Bertz CT molecular complexity index is 630. The van der Waals surface area contributed by atoms with E-state index >= 15 is 0 Å². The highest BCUT2D eigenvalue weighted by Gasteiger charge is 2.10. The lowest BCUT2D eigenvalue weighted by Gasteiger charge is -2.10. The minimum Gasteiger partial charge on any atom is -0.486 e. The number of benzene rings is 2. The fourth-order valence-corrected chi connectivity index (χ4v) is 2.18. The Labute approximate surface area is 122 Å². The zero-order valence-electron chi connectivity index (χ0n) is 10.3. The number of nitriles is 1. The molecule has 0 bridgehead atoms. The summed E-state index contributed by atoms with van der Waals surface area (Å²) in [5.41, 5.74) is 2.54. The van der Waals surface area contributed by atoms with Crippen LogP contribution in [0.3, 0.4) is 0 Å². The molecule has 4 heteroatoms. The van der Waals surface area contributed by atoms with Crippen molar-refractivity contribution in [3.05, 3.63) is 63.1 Å². The van der Waals surface area contributed by atoms with Crippen molar-refractivity contribution < 1.29 is 4.74 Å². The summed E-state index contributed by atoms with van der Waals surface area (Å²) in [6, 6.07) is 13.1. The van der Waals surface area contributed by atoms with Crippen LogP contribution >= 0.6 is 23.2 Å². The summed E-state index contributed by atoms with van der Waals surface area (Å²) in [4.78, 5) is 0. The molecule has 0 N–H and O–H groups in total. The van der Waals surface area contributed by atoms with Crippen molar-refractivity contribution in [2.24, 2.45) is 0 Å². The lowest BCUT2D eigenvalue weighted by atomic mass is 10.1. The molecule has 2 nitrogen and oxygen atoms in total. The standard InChI is InChI=1S/C15H11Cl2NO/c1-10-2-4-11(5-3-10)9-19-15-12(8-18)6-13(16)7-14(15)17/h2-7H,9H2,1H3. The summed E-state index contributed by atoms with van der Waals surface area (Å²) < 4.78 is 5.63. The van der Waals surface area contributed by atoms with Gasteiger partial charge in [-0.15, -0.1) is 0 Å². The SMILES string of the molecule is Cc1ccc(COc2c(Cl)cc(Cl)cc2C#N)cc1. The van der Waals surface area contributed by atoms with Gasteiger partial charge in [-0.05, 0) is 24.6 Å². The van der Waals surface area contributed by atoms with E-state index in [2.05, 4.69) is 0 Å². The van der Waals surface area contributed by atoms with Crippen molar-refractivity contribution in [2.75, 3.05) is 0 Å². The molecular weight excluding hydrogens is 281 g/mol. The van der Waals surface area contributed by atoms with Gasteiger partial charge in [0, 0.05) is 5.02 Å². The second-order valence-electron chi connectivity index (χ2n) is 4.15. The van der Waals surface area contributed by atoms with Gasteiger partial charge in [-0.3, -0.25) is 0 Å². The third-order valence-electron chi connectivity index (χ3n) is 2.63. The Balaban J connectivity index is 2.20. The lowest BCUT2D eigenvalue weighted by molar-refractivity contribution is 0.305. The maximum Gasteiger partial charge on any atom is 0.156 e. The molecule has 0 fully saturated rings. The second kappa shape index (κ2) is 5.97. The van der Waals surface area contributed by atoms with Crippen LogP contribution in [-0.2, 0) is 6.61 Å². The van der Waals surface area contributed by atoms with Crippen molar-refractivity contribution in [3.63, 3.8) is 0 Å². The van der Waals surface area contributed by atoms with Gasteiger partial charge in [0.05, 0.1) is 10.6 Å². The minimum absolute atomic E-state index is 0.338. The molecule has 2 rings (SSSR count). The van der Waals surface area contributed by atoms with Gasteiger partial charge in [-0.2, -0.15) is 5.26 Å². The first-order chi connectivity index (χ1) is 9.10. The van der Waals surface area contributed by atoms with Crippen LogP contribution in [0.1, 0.15) is 16.7 Å². The predicted octanol–water partition coefficient (Wildman–Crippen LogP) is 4.75. The topological polar surface area (TPSA) is 33.0 Å². The summed E-state index contributed by atoms with van der Waals surface area (Å²) in [5, 5.41) is 9.82. The van der Waals surface area contributed by atoms with E-state index in [1.807, 2.05) is 37.3 Å². The van der Waals surface area contributed by atoms with Crippen LogP contribution in [0.15, 0.2) is 36.4 Å². The summed E-state index contributed by atoms with van der Waals surface area (Å²) in [7, 11) is 0. The fourth-order valence-electron chi connectivity index (χ4n) is 1.63. The summed E-state index contributed by atoms with van der Waals surface area (Å²) in [6.07, 6.45) is 0. The zero-order valence-corrected chi connectivity index (χ0v) is 11.8. The third kappa shape index (κ3) is 3.41. The number of ether oxygens (including phenoxy) is 1. The van der Waals surface area contributed by atoms with Crippen molar-refractivity contribution >= 4 is 23.2 Å². The molecule has 0 heterocycles. The molecule has 0 aliphatic carbocycles. The van der Waals surface area contributed by atoms with E-state index in [1.54, 1.807) is 6.07 Å². The van der Waals surface area contributed by atoms with E-state index < -0.39 is 0 Å². The Morgan fingerprint density at radius 1 is 1.16 bits per heavy atom. The average Bonchev–Trinajstić information content (AvgIpc) is 2.39. The van der Waals surface area contributed by atoms with Gasteiger partial charge in [0.25, 0.3) is 0 Å². The van der Waals surface area contributed by atoms with Crippen LogP contribution in [0.4, 0.5) is 0 Å². The third-order valence-corrected chi connectivity index (χ3v) is 3.13. The molecule has 0 radical (unpaired) electrons. The quantitative estimate of drug-likeness (QED) is 0.817. The van der Waals surface area contributed by atoms with E-state index in [4.69, 9.17) is 33.2 Å². The van der Waals surface area contributed by atoms with Crippen LogP contribution in [0, 0.1) is 18.3 Å². The highest BCUT2D eigenvalue weighted by molar-refractivity contribution is 6.35. The van der Waals surface area contributed by atoms with E-state index in [9.17, 15) is 0 Å². The van der Waals surface area contributed by atoms with Gasteiger partial charge in [-0.1, -0.05) is 53.0 Å². The maximum absolute atomic E-state index is 9.05. The van der Waals surface area contributed by atoms with E-state index in [1.165, 1.54) is 11.6 Å².